The lowest BCUT2D eigenvalue weighted by atomic mass is 10.0. The van der Waals surface area contributed by atoms with Crippen LogP contribution in [0.5, 0.6) is 0 Å². The first-order valence-electron chi connectivity index (χ1n) is 5.54. The molecule has 0 aromatic carbocycles. The average Bonchev–Trinajstić information content (AvgIpc) is 2.64. The maximum atomic E-state index is 5.71. The van der Waals surface area contributed by atoms with Gasteiger partial charge in [0.05, 0.1) is 12.2 Å². The first-order valence-corrected chi connectivity index (χ1v) is 6.41. The first-order chi connectivity index (χ1) is 7.19. The molecule has 2 heterocycles. The van der Waals surface area contributed by atoms with Crippen LogP contribution in [-0.2, 0) is 11.1 Å². The third-order valence-electron chi connectivity index (χ3n) is 2.59. The SMILES string of the molecule is BCc1csc(N2C[C@@H](C)O[C@@H](C)C2)n1. The highest BCUT2D eigenvalue weighted by atomic mass is 32.1. The number of hydrogen-bond donors (Lipinski definition) is 0. The van der Waals surface area contributed by atoms with Gasteiger partial charge in [0.2, 0.25) is 0 Å². The molecule has 2 rings (SSSR count). The van der Waals surface area contributed by atoms with E-state index in [1.807, 2.05) is 0 Å². The van der Waals surface area contributed by atoms with E-state index in [0.717, 1.165) is 24.5 Å². The van der Waals surface area contributed by atoms with Gasteiger partial charge in [-0.1, -0.05) is 0 Å². The van der Waals surface area contributed by atoms with E-state index in [0.29, 0.717) is 12.2 Å². The summed E-state index contributed by atoms with van der Waals surface area (Å²) in [4.78, 5) is 6.95. The van der Waals surface area contributed by atoms with Crippen molar-refractivity contribution in [2.45, 2.75) is 32.4 Å². The van der Waals surface area contributed by atoms with Gasteiger partial charge in [-0.2, -0.15) is 0 Å². The Morgan fingerprint density at radius 1 is 1.53 bits per heavy atom. The van der Waals surface area contributed by atoms with E-state index < -0.39 is 0 Å². The van der Waals surface area contributed by atoms with Crippen LogP contribution in [0, 0.1) is 0 Å². The number of morpholine rings is 1. The van der Waals surface area contributed by atoms with Gasteiger partial charge < -0.3 is 9.64 Å². The maximum Gasteiger partial charge on any atom is 0.185 e. The molecular formula is C10H17BN2OS. The lowest BCUT2D eigenvalue weighted by Gasteiger charge is -2.35. The van der Waals surface area contributed by atoms with Crippen molar-refractivity contribution in [1.29, 1.82) is 0 Å². The Bertz CT molecular complexity index is 321. The van der Waals surface area contributed by atoms with Crippen LogP contribution >= 0.6 is 11.3 Å². The van der Waals surface area contributed by atoms with E-state index in [-0.39, 0.29) is 0 Å². The minimum Gasteiger partial charge on any atom is -0.372 e. The van der Waals surface area contributed by atoms with E-state index in [4.69, 9.17) is 4.74 Å². The average molecular weight is 224 g/mol. The van der Waals surface area contributed by atoms with E-state index >= 15 is 0 Å². The number of rotatable bonds is 2. The predicted octanol–water partition coefficient (Wildman–Crippen LogP) is 0.890. The van der Waals surface area contributed by atoms with Crippen LogP contribution in [0.4, 0.5) is 5.13 Å². The predicted molar refractivity (Wildman–Crippen MR) is 66.6 cm³/mol. The highest BCUT2D eigenvalue weighted by Gasteiger charge is 2.23. The molecule has 5 heteroatoms. The van der Waals surface area contributed by atoms with Gasteiger partial charge in [-0.15, -0.1) is 11.3 Å². The Kier molecular flexibility index (Phi) is 3.31. The molecule has 0 unspecified atom stereocenters. The third-order valence-corrected chi connectivity index (χ3v) is 3.54. The molecule has 1 saturated heterocycles. The van der Waals surface area contributed by atoms with Crippen LogP contribution in [0.15, 0.2) is 5.38 Å². The fourth-order valence-corrected chi connectivity index (χ4v) is 2.87. The molecule has 15 heavy (non-hydrogen) atoms. The molecule has 1 aliphatic rings. The lowest BCUT2D eigenvalue weighted by molar-refractivity contribution is -0.00523. The van der Waals surface area contributed by atoms with Crippen LogP contribution in [0.1, 0.15) is 19.5 Å². The summed E-state index contributed by atoms with van der Waals surface area (Å²) >= 11 is 1.74. The second-order valence-corrected chi connectivity index (χ2v) is 4.97. The molecule has 0 spiro atoms. The van der Waals surface area contributed by atoms with Gasteiger partial charge >= 0.3 is 0 Å². The number of ether oxygens (including phenoxy) is 1. The smallest absolute Gasteiger partial charge is 0.185 e. The molecule has 1 aliphatic heterocycles. The largest absolute Gasteiger partial charge is 0.372 e. The summed E-state index contributed by atoms with van der Waals surface area (Å²) in [5.74, 6) is 0. The summed E-state index contributed by atoms with van der Waals surface area (Å²) in [5.41, 5.74) is 1.20. The molecule has 0 N–H and O–H groups in total. The zero-order valence-corrected chi connectivity index (χ0v) is 10.4. The summed E-state index contributed by atoms with van der Waals surface area (Å²) in [6.45, 7) is 6.16. The van der Waals surface area contributed by atoms with Gasteiger partial charge in [0.25, 0.3) is 0 Å². The number of aromatic nitrogens is 1. The second-order valence-electron chi connectivity index (χ2n) is 4.14. The summed E-state index contributed by atoms with van der Waals surface area (Å²) in [5, 5.41) is 3.30. The molecule has 0 saturated carbocycles. The van der Waals surface area contributed by atoms with Crippen LogP contribution in [0.3, 0.4) is 0 Å². The monoisotopic (exact) mass is 224 g/mol. The van der Waals surface area contributed by atoms with Crippen LogP contribution < -0.4 is 4.90 Å². The molecule has 2 atom stereocenters. The summed E-state index contributed by atoms with van der Waals surface area (Å²) in [7, 11) is 2.14. The van der Waals surface area contributed by atoms with Crippen molar-refractivity contribution in [2.75, 3.05) is 18.0 Å². The second kappa shape index (κ2) is 4.53. The van der Waals surface area contributed by atoms with Crippen molar-refractivity contribution in [3.05, 3.63) is 11.1 Å². The van der Waals surface area contributed by atoms with Gasteiger partial charge in [-0.05, 0) is 20.2 Å². The molecule has 82 valence electrons. The Balaban J connectivity index is 2.09. The molecule has 1 aromatic rings. The minimum absolute atomic E-state index is 0.308. The highest BCUT2D eigenvalue weighted by Crippen LogP contribution is 2.24. The molecule has 0 aliphatic carbocycles. The zero-order chi connectivity index (χ0) is 10.8. The van der Waals surface area contributed by atoms with Crippen LogP contribution in [0.2, 0.25) is 0 Å². The van der Waals surface area contributed by atoms with Crippen molar-refractivity contribution in [1.82, 2.24) is 4.98 Å². The Morgan fingerprint density at radius 3 is 2.73 bits per heavy atom. The molecule has 1 fully saturated rings. The van der Waals surface area contributed by atoms with Gasteiger partial charge in [0.15, 0.2) is 5.13 Å². The van der Waals surface area contributed by atoms with Crippen molar-refractivity contribution in [2.24, 2.45) is 0 Å². The third kappa shape index (κ3) is 2.52. The lowest BCUT2D eigenvalue weighted by Crippen LogP contribution is -2.45. The summed E-state index contributed by atoms with van der Waals surface area (Å²) < 4.78 is 5.71. The Hall–Kier alpha value is -0.545. The standard InChI is InChI=1S/C10H17BN2OS/c1-7-4-13(5-8(2)14-7)10-12-9(3-11)6-15-10/h6-8H,3-5,11H2,1-2H3/t7-,8+. The van der Waals surface area contributed by atoms with Crippen molar-refractivity contribution in [3.63, 3.8) is 0 Å². The van der Waals surface area contributed by atoms with Crippen molar-refractivity contribution >= 4 is 24.3 Å². The molecule has 0 amide bonds. The Labute approximate surface area is 95.9 Å². The van der Waals surface area contributed by atoms with E-state index in [2.05, 4.69) is 37.0 Å². The highest BCUT2D eigenvalue weighted by molar-refractivity contribution is 7.13. The van der Waals surface area contributed by atoms with Crippen LogP contribution in [-0.4, -0.2) is 38.1 Å². The fourth-order valence-electron chi connectivity index (χ4n) is 1.94. The molecular weight excluding hydrogens is 207 g/mol. The van der Waals surface area contributed by atoms with Gasteiger partial charge in [-0.3, -0.25) is 0 Å². The molecule has 0 bridgehead atoms. The van der Waals surface area contributed by atoms with Gasteiger partial charge in [0.1, 0.15) is 7.85 Å². The summed E-state index contributed by atoms with van der Waals surface area (Å²) in [6.07, 6.45) is 1.64. The zero-order valence-electron chi connectivity index (χ0n) is 9.56. The Morgan fingerprint density at radius 2 is 2.20 bits per heavy atom. The van der Waals surface area contributed by atoms with E-state index in [9.17, 15) is 0 Å². The maximum absolute atomic E-state index is 5.71. The number of anilines is 1. The molecule has 3 nitrogen and oxygen atoms in total. The number of hydrogen-bond acceptors (Lipinski definition) is 4. The van der Waals surface area contributed by atoms with E-state index in [1.165, 1.54) is 5.69 Å². The minimum atomic E-state index is 0.308. The van der Waals surface area contributed by atoms with Gasteiger partial charge in [-0.25, -0.2) is 4.98 Å². The van der Waals surface area contributed by atoms with Crippen molar-refractivity contribution in [3.8, 4) is 0 Å². The first kappa shape index (κ1) is 11.0. The molecule has 1 aromatic heterocycles. The van der Waals surface area contributed by atoms with E-state index in [1.54, 1.807) is 11.3 Å². The fraction of sp³-hybridized carbons (Fsp3) is 0.700. The summed E-state index contributed by atoms with van der Waals surface area (Å²) in [6, 6.07) is 0. The molecule has 0 radical (unpaired) electrons. The number of nitrogens with zero attached hydrogens (tertiary/aromatic N) is 2. The quantitative estimate of drug-likeness (QED) is 0.697. The van der Waals surface area contributed by atoms with Crippen LogP contribution in [0.25, 0.3) is 0 Å². The topological polar surface area (TPSA) is 25.4 Å². The normalized spacial score (nSPS) is 26.9. The van der Waals surface area contributed by atoms with Gasteiger partial charge in [0, 0.05) is 24.2 Å². The number of thiazole rings is 1. The van der Waals surface area contributed by atoms with Crippen molar-refractivity contribution < 1.29 is 4.74 Å².